The Morgan fingerprint density at radius 2 is 1.72 bits per heavy atom. The molecule has 0 aliphatic heterocycles. The largest absolute Gasteiger partial charge is 0.356 e. The number of aryl methyl sites for hydroxylation is 3. The average molecular weight is 271 g/mol. The van der Waals surface area contributed by atoms with Gasteiger partial charge in [-0.15, -0.1) is 0 Å². The van der Waals surface area contributed by atoms with E-state index in [0.717, 1.165) is 5.56 Å². The highest BCUT2D eigenvalue weighted by Crippen LogP contribution is 2.21. The Balaban J connectivity index is 3.10. The minimum absolute atomic E-state index is 0.106. The topological polar surface area (TPSA) is 72.5 Å². The zero-order valence-corrected chi connectivity index (χ0v) is 11.7. The Morgan fingerprint density at radius 3 is 2.17 bits per heavy atom. The van der Waals surface area contributed by atoms with E-state index < -0.39 is 16.0 Å². The molecule has 0 saturated heterocycles. The van der Waals surface area contributed by atoms with Crippen molar-refractivity contribution in [3.05, 3.63) is 28.8 Å². The molecule has 0 amide bonds. The standard InChI is InChI=1S/C12H17NO4S/c1-5-11(14)17-13-18(15,16)12-9(3)6-8(2)7-10(12)4/h6-7,13H,5H2,1-4H3. The third-order valence-electron chi connectivity index (χ3n) is 2.43. The highest BCUT2D eigenvalue weighted by molar-refractivity contribution is 7.89. The number of benzene rings is 1. The molecule has 0 fully saturated rings. The third kappa shape index (κ3) is 3.30. The van der Waals surface area contributed by atoms with Crippen LogP contribution in [0.15, 0.2) is 17.0 Å². The summed E-state index contributed by atoms with van der Waals surface area (Å²) in [6, 6.07) is 3.53. The molecule has 1 aromatic carbocycles. The van der Waals surface area contributed by atoms with E-state index in [2.05, 4.69) is 4.84 Å². The number of hydrogen-bond donors (Lipinski definition) is 1. The van der Waals surface area contributed by atoms with Gasteiger partial charge in [0.1, 0.15) is 0 Å². The third-order valence-corrected chi connectivity index (χ3v) is 3.91. The van der Waals surface area contributed by atoms with Gasteiger partial charge in [-0.05, 0) is 36.8 Å². The number of nitrogens with one attached hydrogen (secondary N) is 1. The SMILES string of the molecule is CCC(=O)ONS(=O)(=O)c1c(C)cc(C)cc1C. The summed E-state index contributed by atoms with van der Waals surface area (Å²) in [5.74, 6) is -0.624. The molecule has 0 radical (unpaired) electrons. The quantitative estimate of drug-likeness (QED) is 0.847. The molecule has 1 rings (SSSR count). The van der Waals surface area contributed by atoms with Crippen molar-refractivity contribution < 1.29 is 18.0 Å². The van der Waals surface area contributed by atoms with E-state index in [0.29, 0.717) is 11.1 Å². The van der Waals surface area contributed by atoms with Gasteiger partial charge in [0.2, 0.25) is 0 Å². The first-order chi connectivity index (χ1) is 8.27. The van der Waals surface area contributed by atoms with Gasteiger partial charge in [-0.2, -0.15) is 0 Å². The molecule has 1 aromatic rings. The number of carbonyl (C=O) groups excluding carboxylic acids is 1. The van der Waals surface area contributed by atoms with Crippen molar-refractivity contribution in [2.75, 3.05) is 0 Å². The van der Waals surface area contributed by atoms with Crippen molar-refractivity contribution in [2.24, 2.45) is 0 Å². The monoisotopic (exact) mass is 271 g/mol. The maximum absolute atomic E-state index is 12.0. The van der Waals surface area contributed by atoms with Gasteiger partial charge < -0.3 is 4.84 Å². The van der Waals surface area contributed by atoms with Gasteiger partial charge in [-0.1, -0.05) is 24.6 Å². The second-order valence-corrected chi connectivity index (χ2v) is 5.72. The first kappa shape index (κ1) is 14.7. The van der Waals surface area contributed by atoms with Crippen molar-refractivity contribution >= 4 is 16.0 Å². The van der Waals surface area contributed by atoms with Crippen molar-refractivity contribution in [2.45, 2.75) is 39.0 Å². The maximum Gasteiger partial charge on any atom is 0.325 e. The van der Waals surface area contributed by atoms with Gasteiger partial charge in [0, 0.05) is 6.42 Å². The summed E-state index contributed by atoms with van der Waals surface area (Å²) in [6.07, 6.45) is 0.106. The Kier molecular flexibility index (Phi) is 4.48. The lowest BCUT2D eigenvalue weighted by Gasteiger charge is -2.12. The lowest BCUT2D eigenvalue weighted by atomic mass is 10.1. The van der Waals surface area contributed by atoms with Crippen LogP contribution in [0.2, 0.25) is 0 Å². The second-order valence-electron chi connectivity index (χ2n) is 4.14. The number of hydrogen-bond acceptors (Lipinski definition) is 4. The molecule has 100 valence electrons. The highest BCUT2D eigenvalue weighted by Gasteiger charge is 2.21. The molecule has 0 atom stereocenters. The van der Waals surface area contributed by atoms with E-state index in [1.807, 2.05) is 11.8 Å². The van der Waals surface area contributed by atoms with E-state index in [-0.39, 0.29) is 11.3 Å². The number of carbonyl (C=O) groups is 1. The average Bonchev–Trinajstić information content (AvgIpc) is 2.24. The minimum atomic E-state index is -3.84. The van der Waals surface area contributed by atoms with E-state index >= 15 is 0 Å². The van der Waals surface area contributed by atoms with Gasteiger partial charge in [0.05, 0.1) is 4.90 Å². The van der Waals surface area contributed by atoms with E-state index in [1.165, 1.54) is 0 Å². The summed E-state index contributed by atoms with van der Waals surface area (Å²) in [5, 5.41) is 0. The number of sulfonamides is 1. The van der Waals surface area contributed by atoms with Crippen LogP contribution in [-0.4, -0.2) is 14.4 Å². The Hall–Kier alpha value is -1.40. The second kappa shape index (κ2) is 5.49. The summed E-state index contributed by atoms with van der Waals surface area (Å²) in [6.45, 7) is 6.88. The van der Waals surface area contributed by atoms with Gasteiger partial charge in [-0.25, -0.2) is 8.42 Å². The van der Waals surface area contributed by atoms with E-state index in [4.69, 9.17) is 0 Å². The van der Waals surface area contributed by atoms with Crippen molar-refractivity contribution in [1.82, 2.24) is 4.89 Å². The Labute approximate surface area is 107 Å². The molecule has 0 unspecified atom stereocenters. The van der Waals surface area contributed by atoms with Crippen molar-refractivity contribution in [3.8, 4) is 0 Å². The van der Waals surface area contributed by atoms with Gasteiger partial charge in [0.15, 0.2) is 0 Å². The van der Waals surface area contributed by atoms with Crippen LogP contribution in [0.1, 0.15) is 30.0 Å². The molecule has 0 spiro atoms. The predicted molar refractivity (Wildman–Crippen MR) is 67.4 cm³/mol. The fourth-order valence-electron chi connectivity index (χ4n) is 1.81. The van der Waals surface area contributed by atoms with Crippen LogP contribution < -0.4 is 4.89 Å². The summed E-state index contributed by atoms with van der Waals surface area (Å²) in [7, 11) is -3.84. The van der Waals surface area contributed by atoms with Crippen LogP contribution in [0.25, 0.3) is 0 Å². The highest BCUT2D eigenvalue weighted by atomic mass is 32.2. The molecular weight excluding hydrogens is 254 g/mol. The van der Waals surface area contributed by atoms with Crippen molar-refractivity contribution in [1.29, 1.82) is 0 Å². The molecule has 1 N–H and O–H groups in total. The predicted octanol–water partition coefficient (Wildman–Crippen LogP) is 1.76. The smallest absolute Gasteiger partial charge is 0.325 e. The normalized spacial score (nSPS) is 11.3. The Bertz CT molecular complexity index is 540. The summed E-state index contributed by atoms with van der Waals surface area (Å²) in [5.41, 5.74) is 2.22. The lowest BCUT2D eigenvalue weighted by Crippen LogP contribution is -2.28. The van der Waals surface area contributed by atoms with Crippen LogP contribution in [0, 0.1) is 20.8 Å². The Morgan fingerprint density at radius 1 is 1.22 bits per heavy atom. The molecule has 18 heavy (non-hydrogen) atoms. The number of rotatable bonds is 4. The summed E-state index contributed by atoms with van der Waals surface area (Å²) >= 11 is 0. The molecule has 0 saturated carbocycles. The van der Waals surface area contributed by atoms with Crippen LogP contribution in [0.4, 0.5) is 0 Å². The zero-order valence-electron chi connectivity index (χ0n) is 10.9. The van der Waals surface area contributed by atoms with Crippen LogP contribution in [0.3, 0.4) is 0 Å². The van der Waals surface area contributed by atoms with E-state index in [1.54, 1.807) is 32.9 Å². The van der Waals surface area contributed by atoms with Crippen molar-refractivity contribution in [3.63, 3.8) is 0 Å². The molecule has 0 bridgehead atoms. The first-order valence-electron chi connectivity index (χ1n) is 5.57. The molecule has 0 heterocycles. The van der Waals surface area contributed by atoms with Crippen LogP contribution >= 0.6 is 0 Å². The van der Waals surface area contributed by atoms with Gasteiger partial charge >= 0.3 is 5.97 Å². The molecule has 6 heteroatoms. The molecule has 0 aromatic heterocycles. The van der Waals surface area contributed by atoms with Crippen LogP contribution in [-0.2, 0) is 19.7 Å². The lowest BCUT2D eigenvalue weighted by molar-refractivity contribution is -0.146. The first-order valence-corrected chi connectivity index (χ1v) is 7.05. The summed E-state index contributed by atoms with van der Waals surface area (Å²) in [4.78, 5) is 17.4. The molecular formula is C12H17NO4S. The van der Waals surface area contributed by atoms with Gasteiger partial charge in [-0.3, -0.25) is 4.79 Å². The molecule has 5 nitrogen and oxygen atoms in total. The fourth-order valence-corrected chi connectivity index (χ4v) is 3.06. The zero-order chi connectivity index (χ0) is 13.9. The molecule has 0 aliphatic carbocycles. The maximum atomic E-state index is 12.0. The van der Waals surface area contributed by atoms with E-state index in [9.17, 15) is 13.2 Å². The fraction of sp³-hybridized carbons (Fsp3) is 0.417. The van der Waals surface area contributed by atoms with Gasteiger partial charge in [0.25, 0.3) is 10.0 Å². The minimum Gasteiger partial charge on any atom is -0.356 e. The summed E-state index contributed by atoms with van der Waals surface area (Å²) < 4.78 is 24.0. The molecule has 0 aliphatic rings. The van der Waals surface area contributed by atoms with Crippen LogP contribution in [0.5, 0.6) is 0 Å².